The van der Waals surface area contributed by atoms with Crippen LogP contribution in [0.3, 0.4) is 0 Å². The Morgan fingerprint density at radius 1 is 1.30 bits per heavy atom. The van der Waals surface area contributed by atoms with E-state index in [1.165, 1.54) is 14.1 Å². The Bertz CT molecular complexity index is 644. The van der Waals surface area contributed by atoms with E-state index in [1.54, 1.807) is 0 Å². The largest absolute Gasteiger partial charge is 0.480 e. The summed E-state index contributed by atoms with van der Waals surface area (Å²) >= 11 is 2.95. The van der Waals surface area contributed by atoms with Gasteiger partial charge in [0.05, 0.1) is 5.69 Å². The van der Waals surface area contributed by atoms with Crippen LogP contribution in [0.2, 0.25) is 0 Å². The summed E-state index contributed by atoms with van der Waals surface area (Å²) in [5.41, 5.74) is -0.275. The van der Waals surface area contributed by atoms with Crippen molar-refractivity contribution in [2.45, 2.75) is 10.8 Å². The van der Waals surface area contributed by atoms with Crippen LogP contribution < -0.4 is 0 Å². The van der Waals surface area contributed by atoms with Crippen molar-refractivity contribution in [1.82, 2.24) is 9.29 Å². The fourth-order valence-corrected chi connectivity index (χ4v) is 2.94. The van der Waals surface area contributed by atoms with Crippen LogP contribution in [0.5, 0.6) is 0 Å². The smallest absolute Gasteiger partial charge is 0.324 e. The zero-order valence-electron chi connectivity index (χ0n) is 10.4. The molecule has 10 heteroatoms. The number of sulfonamides is 1. The number of carboxylic acids is 2. The predicted molar refractivity (Wildman–Crippen MR) is 70.8 cm³/mol. The van der Waals surface area contributed by atoms with Gasteiger partial charge in [0.2, 0.25) is 10.0 Å². The molecule has 0 fully saturated rings. The number of hydrogen-bond donors (Lipinski definition) is 2. The number of aliphatic carboxylic acids is 2. The van der Waals surface area contributed by atoms with Gasteiger partial charge in [0.25, 0.3) is 0 Å². The van der Waals surface area contributed by atoms with E-state index >= 15 is 0 Å². The first-order valence-corrected chi connectivity index (χ1v) is 7.36. The van der Waals surface area contributed by atoms with Gasteiger partial charge in [-0.25, -0.2) is 12.7 Å². The van der Waals surface area contributed by atoms with E-state index in [1.807, 2.05) is 0 Å². The summed E-state index contributed by atoms with van der Waals surface area (Å²) in [5, 5.41) is 17.7. The monoisotopic (exact) mass is 366 g/mol. The number of carbonyl (C=O) groups is 2. The van der Waals surface area contributed by atoms with Gasteiger partial charge in [0.1, 0.15) is 4.90 Å². The minimum atomic E-state index is -3.74. The molecule has 0 aliphatic rings. The second-order valence-corrected chi connectivity index (χ2v) is 6.94. The molecule has 0 unspecified atom stereocenters. The average molecular weight is 367 g/mol. The molecule has 0 aliphatic carbocycles. The van der Waals surface area contributed by atoms with Crippen LogP contribution >= 0.6 is 15.9 Å². The van der Waals surface area contributed by atoms with Gasteiger partial charge < -0.3 is 10.2 Å². The Balaban J connectivity index is 3.38. The Morgan fingerprint density at radius 2 is 1.80 bits per heavy atom. The van der Waals surface area contributed by atoms with Crippen LogP contribution in [-0.2, 0) is 19.6 Å². The summed E-state index contributed by atoms with van der Waals surface area (Å²) in [4.78, 5) is 25.3. The van der Waals surface area contributed by atoms with Gasteiger partial charge in [-0.2, -0.15) is 0 Å². The summed E-state index contributed by atoms with van der Waals surface area (Å²) in [6.07, 6.45) is 0.925. The molecule has 0 aliphatic heterocycles. The third-order valence-electron chi connectivity index (χ3n) is 2.39. The van der Waals surface area contributed by atoms with Gasteiger partial charge in [0, 0.05) is 24.8 Å². The van der Waals surface area contributed by atoms with Crippen LogP contribution in [0.25, 0.3) is 0 Å². The summed E-state index contributed by atoms with van der Waals surface area (Å²) in [5.74, 6) is -5.05. The maximum atomic E-state index is 11.9. The van der Waals surface area contributed by atoms with E-state index in [9.17, 15) is 18.0 Å². The van der Waals surface area contributed by atoms with Crippen LogP contribution in [0, 0.1) is 0 Å². The highest BCUT2D eigenvalue weighted by Gasteiger charge is 2.32. The van der Waals surface area contributed by atoms with Crippen molar-refractivity contribution in [3.05, 3.63) is 22.4 Å². The molecule has 0 bridgehead atoms. The molecule has 0 amide bonds. The van der Waals surface area contributed by atoms with Crippen LogP contribution in [0.4, 0.5) is 0 Å². The van der Waals surface area contributed by atoms with E-state index in [4.69, 9.17) is 10.2 Å². The number of carboxylic acid groups (broad SMARTS) is 2. The van der Waals surface area contributed by atoms with Gasteiger partial charge in [-0.1, -0.05) is 0 Å². The lowest BCUT2D eigenvalue weighted by atomic mass is 10.1. The zero-order valence-corrected chi connectivity index (χ0v) is 12.8. The second-order valence-electron chi connectivity index (χ2n) is 3.93. The van der Waals surface area contributed by atoms with E-state index in [0.717, 1.165) is 16.6 Å². The molecule has 1 aromatic heterocycles. The van der Waals surface area contributed by atoms with Gasteiger partial charge >= 0.3 is 11.9 Å². The van der Waals surface area contributed by atoms with Crippen molar-refractivity contribution in [2.75, 3.05) is 14.1 Å². The maximum absolute atomic E-state index is 11.9. The number of pyridine rings is 1. The Hall–Kier alpha value is -1.52. The number of hydrogen-bond acceptors (Lipinski definition) is 5. The van der Waals surface area contributed by atoms with Crippen molar-refractivity contribution in [1.29, 1.82) is 0 Å². The third kappa shape index (κ3) is 3.14. The normalized spacial score (nSPS) is 11.8. The molecule has 1 heterocycles. The molecule has 0 spiro atoms. The predicted octanol–water partition coefficient (Wildman–Crippen LogP) is 0.347. The molecule has 0 saturated carbocycles. The Kier molecular flexibility index (Phi) is 4.84. The topological polar surface area (TPSA) is 125 Å². The fourth-order valence-electron chi connectivity index (χ4n) is 1.33. The van der Waals surface area contributed by atoms with Crippen molar-refractivity contribution in [3.63, 3.8) is 0 Å². The molecule has 8 nitrogen and oxygen atoms in total. The molecule has 110 valence electrons. The summed E-state index contributed by atoms with van der Waals surface area (Å²) < 4.78 is 24.7. The van der Waals surface area contributed by atoms with Crippen molar-refractivity contribution >= 4 is 37.9 Å². The first kappa shape index (κ1) is 16.5. The quantitative estimate of drug-likeness (QED) is 0.720. The van der Waals surface area contributed by atoms with E-state index in [-0.39, 0.29) is 15.1 Å². The number of nitrogens with zero attached hydrogens (tertiary/aromatic N) is 2. The molecule has 0 radical (unpaired) electrons. The molecular weight excluding hydrogens is 356 g/mol. The van der Waals surface area contributed by atoms with Crippen LogP contribution in [0.1, 0.15) is 11.6 Å². The van der Waals surface area contributed by atoms with Gasteiger partial charge in [0.15, 0.2) is 5.92 Å². The van der Waals surface area contributed by atoms with Gasteiger partial charge in [-0.3, -0.25) is 14.6 Å². The number of rotatable bonds is 5. The lowest BCUT2D eigenvalue weighted by Crippen LogP contribution is -2.24. The molecule has 2 N–H and O–H groups in total. The summed E-state index contributed by atoms with van der Waals surface area (Å²) in [6.45, 7) is 0. The number of aromatic nitrogens is 1. The molecule has 0 aromatic carbocycles. The Labute approximate surface area is 123 Å². The molecule has 20 heavy (non-hydrogen) atoms. The van der Waals surface area contributed by atoms with Crippen LogP contribution in [0.15, 0.2) is 21.6 Å². The lowest BCUT2D eigenvalue weighted by molar-refractivity contribution is -0.150. The minimum Gasteiger partial charge on any atom is -0.480 e. The van der Waals surface area contributed by atoms with Crippen LogP contribution in [-0.4, -0.2) is 54.0 Å². The van der Waals surface area contributed by atoms with Crippen molar-refractivity contribution < 1.29 is 28.2 Å². The molecule has 1 rings (SSSR count). The van der Waals surface area contributed by atoms with Crippen molar-refractivity contribution in [2.24, 2.45) is 0 Å². The van der Waals surface area contributed by atoms with E-state index in [2.05, 4.69) is 20.9 Å². The van der Waals surface area contributed by atoms with Gasteiger partial charge in [-0.15, -0.1) is 0 Å². The second kappa shape index (κ2) is 5.85. The minimum absolute atomic E-state index is 0.00442. The molecule has 1 aromatic rings. The molecular formula is C10H11BrN2O6S. The fraction of sp³-hybridized carbons (Fsp3) is 0.300. The first-order chi connectivity index (χ1) is 9.09. The first-order valence-electron chi connectivity index (χ1n) is 5.12. The standard InChI is InChI=1S/C10H11BrN2O6S/c1-13(2)20(18,19)5-3-6(11)8(12-4-5)7(9(14)15)10(16)17/h3-4,7H,1-2H3,(H,14,15)(H,16,17). The molecule has 0 saturated heterocycles. The van der Waals surface area contributed by atoms with Crippen molar-refractivity contribution in [3.8, 4) is 0 Å². The molecule has 0 atom stereocenters. The maximum Gasteiger partial charge on any atom is 0.324 e. The highest BCUT2D eigenvalue weighted by atomic mass is 79.9. The SMILES string of the molecule is CN(C)S(=O)(=O)c1cnc(C(C(=O)O)C(=O)O)c(Br)c1. The summed E-state index contributed by atoms with van der Waals surface area (Å²) in [6, 6.07) is 1.12. The lowest BCUT2D eigenvalue weighted by Gasteiger charge is -2.13. The number of halogens is 1. The Morgan fingerprint density at radius 3 is 2.15 bits per heavy atom. The summed E-state index contributed by atoms with van der Waals surface area (Å²) in [7, 11) is -1.08. The highest BCUT2D eigenvalue weighted by molar-refractivity contribution is 9.10. The highest BCUT2D eigenvalue weighted by Crippen LogP contribution is 2.26. The van der Waals surface area contributed by atoms with E-state index in [0.29, 0.717) is 0 Å². The van der Waals surface area contributed by atoms with E-state index < -0.39 is 27.9 Å². The van der Waals surface area contributed by atoms with Gasteiger partial charge in [-0.05, 0) is 22.0 Å². The average Bonchev–Trinajstić information content (AvgIpc) is 2.30. The zero-order chi connectivity index (χ0) is 15.7. The third-order valence-corrected chi connectivity index (χ3v) is 4.81.